The number of nitrogens with one attached hydrogen (secondary N) is 2. The average Bonchev–Trinajstić information content (AvgIpc) is 3.23. The summed E-state index contributed by atoms with van der Waals surface area (Å²) >= 11 is 4.93. The van der Waals surface area contributed by atoms with Gasteiger partial charge in [0.25, 0.3) is 0 Å². The lowest BCUT2D eigenvalue weighted by Gasteiger charge is -2.56. The van der Waals surface area contributed by atoms with Gasteiger partial charge in [-0.1, -0.05) is 22.0 Å². The molecule has 0 amide bonds. The maximum absolute atomic E-state index is 13.8. The molecule has 7 nitrogen and oxygen atoms in total. The number of ether oxygens (including phenoxy) is 1. The molecular formula is C22H23BrFN5O2S. The third-order valence-electron chi connectivity index (χ3n) is 6.01. The van der Waals surface area contributed by atoms with Crippen molar-refractivity contribution in [3.8, 4) is 0 Å². The fourth-order valence-corrected chi connectivity index (χ4v) is 5.66. The molecule has 1 atom stereocenters. The van der Waals surface area contributed by atoms with Crippen molar-refractivity contribution in [3.05, 3.63) is 61.9 Å². The summed E-state index contributed by atoms with van der Waals surface area (Å²) in [5.41, 5.74) is 2.27. The summed E-state index contributed by atoms with van der Waals surface area (Å²) in [6, 6.07) is 3.79. The van der Waals surface area contributed by atoms with E-state index in [0.29, 0.717) is 33.4 Å². The first kappa shape index (κ1) is 21.7. The van der Waals surface area contributed by atoms with Gasteiger partial charge < -0.3 is 15.4 Å². The van der Waals surface area contributed by atoms with E-state index in [2.05, 4.69) is 36.4 Å². The Kier molecular flexibility index (Phi) is 5.87. The van der Waals surface area contributed by atoms with E-state index >= 15 is 0 Å². The van der Waals surface area contributed by atoms with Gasteiger partial charge in [0, 0.05) is 59.9 Å². The van der Waals surface area contributed by atoms with E-state index in [1.54, 1.807) is 19.2 Å². The van der Waals surface area contributed by atoms with Gasteiger partial charge in [0.2, 0.25) is 0 Å². The first-order chi connectivity index (χ1) is 15.5. The Morgan fingerprint density at radius 1 is 1.41 bits per heavy atom. The highest BCUT2D eigenvalue weighted by atomic mass is 79.9. The molecule has 3 aliphatic heterocycles. The number of aromatic nitrogens is 1. The van der Waals surface area contributed by atoms with Gasteiger partial charge in [0.05, 0.1) is 12.2 Å². The number of carbonyl (C=O) groups excluding carboxylic acids is 1. The Labute approximate surface area is 197 Å². The predicted molar refractivity (Wildman–Crippen MR) is 124 cm³/mol. The van der Waals surface area contributed by atoms with Crippen LogP contribution in [-0.4, -0.2) is 61.0 Å². The largest absolute Gasteiger partial charge is 0.463 e. The van der Waals surface area contributed by atoms with Gasteiger partial charge in [-0.3, -0.25) is 9.89 Å². The van der Waals surface area contributed by atoms with E-state index in [1.165, 1.54) is 23.5 Å². The van der Waals surface area contributed by atoms with Crippen molar-refractivity contribution >= 4 is 39.1 Å². The van der Waals surface area contributed by atoms with Crippen LogP contribution in [0, 0.1) is 11.2 Å². The maximum atomic E-state index is 13.8. The molecule has 4 heterocycles. The lowest BCUT2D eigenvalue weighted by Crippen LogP contribution is -2.71. The molecule has 1 aromatic carbocycles. The van der Waals surface area contributed by atoms with Gasteiger partial charge in [0.15, 0.2) is 10.8 Å². The molecule has 3 aliphatic rings. The third-order valence-corrected chi connectivity index (χ3v) is 7.48. The number of carbonyl (C=O) groups is 1. The van der Waals surface area contributed by atoms with Gasteiger partial charge in [0.1, 0.15) is 11.9 Å². The van der Waals surface area contributed by atoms with Crippen LogP contribution >= 0.6 is 27.3 Å². The molecule has 168 valence electrons. The van der Waals surface area contributed by atoms with E-state index in [-0.39, 0.29) is 12.4 Å². The molecule has 0 radical (unpaired) electrons. The van der Waals surface area contributed by atoms with Crippen LogP contribution in [0.25, 0.3) is 0 Å². The number of rotatable bonds is 6. The van der Waals surface area contributed by atoms with Gasteiger partial charge in [-0.25, -0.2) is 14.2 Å². The van der Waals surface area contributed by atoms with Crippen LogP contribution in [0.3, 0.4) is 0 Å². The van der Waals surface area contributed by atoms with Crippen molar-refractivity contribution in [1.29, 1.82) is 0 Å². The monoisotopic (exact) mass is 519 g/mol. The summed E-state index contributed by atoms with van der Waals surface area (Å²) in [6.45, 7) is 6.66. The second kappa shape index (κ2) is 8.66. The van der Waals surface area contributed by atoms with Crippen LogP contribution in [0.1, 0.15) is 23.5 Å². The number of nitrogens with zero attached hydrogens (tertiary/aromatic N) is 3. The van der Waals surface area contributed by atoms with E-state index in [4.69, 9.17) is 9.73 Å². The fourth-order valence-electron chi connectivity index (χ4n) is 4.51. The fraction of sp³-hybridized carbons (Fsp3) is 0.409. The number of hydrogen-bond acceptors (Lipinski definition) is 8. The van der Waals surface area contributed by atoms with Gasteiger partial charge in [-0.15, -0.1) is 11.3 Å². The highest BCUT2D eigenvalue weighted by Gasteiger charge is 2.48. The van der Waals surface area contributed by atoms with Crippen LogP contribution in [0.5, 0.6) is 0 Å². The van der Waals surface area contributed by atoms with Crippen LogP contribution in [-0.2, 0) is 9.53 Å². The molecule has 10 heteroatoms. The average molecular weight is 520 g/mol. The van der Waals surface area contributed by atoms with Crippen molar-refractivity contribution in [2.24, 2.45) is 10.4 Å². The Bertz CT molecular complexity index is 1090. The predicted octanol–water partition coefficient (Wildman–Crippen LogP) is 2.86. The van der Waals surface area contributed by atoms with E-state index in [9.17, 15) is 9.18 Å². The topological polar surface area (TPSA) is 78.9 Å². The van der Waals surface area contributed by atoms with Crippen molar-refractivity contribution in [2.75, 3.05) is 39.3 Å². The standard InChI is InChI=1S/C22H23BrFN5O2S/c1-2-31-21(30)17-16(8-29-11-22(12-29)9-25-10-22)27-19(20-26-5-6-32-20)28-18(17)14-4-3-13(24)7-15(14)23/h3-7,18,25H,2,8-12H2,1H3,(H,27,28). The Balaban J connectivity index is 1.55. The molecule has 2 aromatic rings. The number of aliphatic imine (C=N–C) groups is 1. The van der Waals surface area contributed by atoms with Gasteiger partial charge in [-0.05, 0) is 24.6 Å². The number of thiazole rings is 1. The van der Waals surface area contributed by atoms with E-state index in [1.807, 2.05) is 5.38 Å². The second-order valence-electron chi connectivity index (χ2n) is 8.37. The van der Waals surface area contributed by atoms with Crippen LogP contribution < -0.4 is 10.6 Å². The van der Waals surface area contributed by atoms with Crippen molar-refractivity contribution in [3.63, 3.8) is 0 Å². The molecule has 1 unspecified atom stereocenters. The molecule has 0 aliphatic carbocycles. The molecule has 32 heavy (non-hydrogen) atoms. The van der Waals surface area contributed by atoms with Crippen molar-refractivity contribution in [2.45, 2.75) is 13.0 Å². The van der Waals surface area contributed by atoms with Crippen molar-refractivity contribution in [1.82, 2.24) is 20.5 Å². The zero-order valence-corrected chi connectivity index (χ0v) is 19.9. The number of amidine groups is 1. The smallest absolute Gasteiger partial charge is 0.338 e. The van der Waals surface area contributed by atoms with Gasteiger partial charge >= 0.3 is 5.97 Å². The Morgan fingerprint density at radius 2 is 2.22 bits per heavy atom. The molecular weight excluding hydrogens is 497 g/mol. The zero-order chi connectivity index (χ0) is 22.3. The highest BCUT2D eigenvalue weighted by molar-refractivity contribution is 9.10. The van der Waals surface area contributed by atoms with Crippen molar-refractivity contribution < 1.29 is 13.9 Å². The second-order valence-corrected chi connectivity index (χ2v) is 10.1. The maximum Gasteiger partial charge on any atom is 0.338 e. The van der Waals surface area contributed by atoms with E-state index in [0.717, 1.165) is 36.9 Å². The Hall–Kier alpha value is -2.14. The molecule has 0 bridgehead atoms. The number of benzene rings is 1. The third kappa shape index (κ3) is 4.00. The summed E-state index contributed by atoms with van der Waals surface area (Å²) in [5, 5.41) is 9.33. The minimum absolute atomic E-state index is 0.258. The van der Waals surface area contributed by atoms with Crippen LogP contribution in [0.2, 0.25) is 0 Å². The summed E-state index contributed by atoms with van der Waals surface area (Å²) < 4.78 is 19.8. The zero-order valence-electron chi connectivity index (χ0n) is 17.5. The van der Waals surface area contributed by atoms with E-state index < -0.39 is 12.0 Å². The first-order valence-electron chi connectivity index (χ1n) is 10.5. The quantitative estimate of drug-likeness (QED) is 0.571. The highest BCUT2D eigenvalue weighted by Crippen LogP contribution is 2.39. The number of hydrogen-bond donors (Lipinski definition) is 2. The lowest BCUT2D eigenvalue weighted by atomic mass is 9.74. The summed E-state index contributed by atoms with van der Waals surface area (Å²) in [7, 11) is 0. The minimum Gasteiger partial charge on any atom is -0.463 e. The summed E-state index contributed by atoms with van der Waals surface area (Å²) in [5.74, 6) is -0.177. The summed E-state index contributed by atoms with van der Waals surface area (Å²) in [4.78, 5) is 24.7. The molecule has 1 spiro atoms. The molecule has 2 N–H and O–H groups in total. The molecule has 0 saturated carbocycles. The molecule has 5 rings (SSSR count). The first-order valence-corrected chi connectivity index (χ1v) is 12.2. The van der Waals surface area contributed by atoms with Crippen LogP contribution in [0.15, 0.2) is 50.5 Å². The lowest BCUT2D eigenvalue weighted by molar-refractivity contribution is -0.139. The molecule has 1 aromatic heterocycles. The Morgan fingerprint density at radius 3 is 2.84 bits per heavy atom. The normalized spacial score (nSPS) is 22.1. The number of likely N-dealkylation sites (tertiary alicyclic amines) is 1. The molecule has 2 saturated heterocycles. The SMILES string of the molecule is CCOC(=O)C1=C(CN2CC3(CNC3)C2)NC(c2nccs2)=NC1c1ccc(F)cc1Br. The molecule has 2 fully saturated rings. The number of esters is 1. The number of halogens is 2. The van der Waals surface area contributed by atoms with Crippen LogP contribution in [0.4, 0.5) is 4.39 Å². The minimum atomic E-state index is -0.639. The van der Waals surface area contributed by atoms with Gasteiger partial charge in [-0.2, -0.15) is 0 Å². The summed E-state index contributed by atoms with van der Waals surface area (Å²) in [6.07, 6.45) is 1.72.